The van der Waals surface area contributed by atoms with Gasteiger partial charge in [-0.2, -0.15) is 0 Å². The van der Waals surface area contributed by atoms with Crippen LogP contribution in [0.3, 0.4) is 0 Å². The number of unbranched alkanes of at least 4 members (excludes halogenated alkanes) is 1. The highest BCUT2D eigenvalue weighted by Crippen LogP contribution is 2.07. The lowest BCUT2D eigenvalue weighted by atomic mass is 10.0. The van der Waals surface area contributed by atoms with Crippen LogP contribution in [0.2, 0.25) is 0 Å². The lowest BCUT2D eigenvalue weighted by Crippen LogP contribution is -2.08. The summed E-state index contributed by atoms with van der Waals surface area (Å²) < 4.78 is 0. The van der Waals surface area contributed by atoms with Crippen molar-refractivity contribution in [1.29, 1.82) is 0 Å². The van der Waals surface area contributed by atoms with Gasteiger partial charge in [0, 0.05) is 0 Å². The minimum Gasteiger partial charge on any atom is -0.481 e. The molecule has 0 unspecified atom stereocenters. The second-order valence-corrected chi connectivity index (χ2v) is 2.74. The summed E-state index contributed by atoms with van der Waals surface area (Å²) in [5.41, 5.74) is 0. The van der Waals surface area contributed by atoms with Crippen molar-refractivity contribution < 1.29 is 9.90 Å². The summed E-state index contributed by atoms with van der Waals surface area (Å²) in [6.45, 7) is 3.72. The van der Waals surface area contributed by atoms with E-state index in [9.17, 15) is 4.79 Å². The molecule has 0 aliphatic rings. The second kappa shape index (κ2) is 5.96. The van der Waals surface area contributed by atoms with Gasteiger partial charge in [-0.15, -0.1) is 0 Å². The van der Waals surface area contributed by atoms with Gasteiger partial charge in [-0.3, -0.25) is 4.79 Å². The fourth-order valence-electron chi connectivity index (χ4n) is 0.832. The van der Waals surface area contributed by atoms with Gasteiger partial charge in [0.05, 0.1) is 5.92 Å². The van der Waals surface area contributed by atoms with Gasteiger partial charge in [0.1, 0.15) is 0 Å². The van der Waals surface area contributed by atoms with Gasteiger partial charge >= 0.3 is 5.97 Å². The van der Waals surface area contributed by atoms with Crippen molar-refractivity contribution in [2.45, 2.75) is 33.1 Å². The number of hydrogen-bond acceptors (Lipinski definition) is 1. The van der Waals surface area contributed by atoms with E-state index in [1.807, 2.05) is 13.0 Å². The van der Waals surface area contributed by atoms with Crippen molar-refractivity contribution in [3.05, 3.63) is 12.2 Å². The van der Waals surface area contributed by atoms with Crippen LogP contribution in [0.1, 0.15) is 33.1 Å². The Morgan fingerprint density at radius 1 is 1.64 bits per heavy atom. The molecular weight excluding hydrogens is 140 g/mol. The molecule has 0 aromatic carbocycles. The van der Waals surface area contributed by atoms with Crippen molar-refractivity contribution in [1.82, 2.24) is 0 Å². The Labute approximate surface area is 67.9 Å². The monoisotopic (exact) mass is 156 g/mol. The largest absolute Gasteiger partial charge is 0.481 e. The molecule has 0 rings (SSSR count). The normalized spacial score (nSPS) is 13.6. The molecule has 0 aliphatic carbocycles. The van der Waals surface area contributed by atoms with E-state index >= 15 is 0 Å². The van der Waals surface area contributed by atoms with Crippen LogP contribution in [-0.2, 0) is 4.79 Å². The number of allylic oxidation sites excluding steroid dienone is 2. The van der Waals surface area contributed by atoms with Crippen molar-refractivity contribution in [2.24, 2.45) is 5.92 Å². The van der Waals surface area contributed by atoms with E-state index in [0.29, 0.717) is 0 Å². The molecule has 0 aromatic heterocycles. The minimum absolute atomic E-state index is 0.194. The van der Waals surface area contributed by atoms with Crippen molar-refractivity contribution in [3.8, 4) is 0 Å². The van der Waals surface area contributed by atoms with Gasteiger partial charge in [-0.1, -0.05) is 19.1 Å². The molecule has 1 atom stereocenters. The van der Waals surface area contributed by atoms with Gasteiger partial charge in [0.25, 0.3) is 0 Å². The van der Waals surface area contributed by atoms with Crippen molar-refractivity contribution >= 4 is 5.97 Å². The van der Waals surface area contributed by atoms with E-state index in [-0.39, 0.29) is 5.92 Å². The first-order valence-electron chi connectivity index (χ1n) is 4.02. The summed E-state index contributed by atoms with van der Waals surface area (Å²) in [4.78, 5) is 10.3. The summed E-state index contributed by atoms with van der Waals surface area (Å²) in [7, 11) is 0. The maximum atomic E-state index is 10.3. The Morgan fingerprint density at radius 2 is 2.27 bits per heavy atom. The average Bonchev–Trinajstić information content (AvgIpc) is 1.97. The SMILES string of the molecule is C/C=C/CCC[C@@H](C)C(=O)O. The maximum absolute atomic E-state index is 10.3. The quantitative estimate of drug-likeness (QED) is 0.490. The topological polar surface area (TPSA) is 37.3 Å². The summed E-state index contributed by atoms with van der Waals surface area (Å²) in [5.74, 6) is -0.884. The second-order valence-electron chi connectivity index (χ2n) is 2.74. The third-order valence-electron chi connectivity index (χ3n) is 1.67. The lowest BCUT2D eigenvalue weighted by molar-refractivity contribution is -0.141. The van der Waals surface area contributed by atoms with Gasteiger partial charge < -0.3 is 5.11 Å². The zero-order chi connectivity index (χ0) is 8.69. The molecule has 1 N–H and O–H groups in total. The van der Waals surface area contributed by atoms with Crippen LogP contribution < -0.4 is 0 Å². The van der Waals surface area contributed by atoms with Gasteiger partial charge in [-0.25, -0.2) is 0 Å². The first-order valence-corrected chi connectivity index (χ1v) is 4.02. The Bertz CT molecular complexity index is 138. The van der Waals surface area contributed by atoms with E-state index in [0.717, 1.165) is 19.3 Å². The minimum atomic E-state index is -0.689. The molecule has 0 aromatic rings. The first kappa shape index (κ1) is 10.2. The van der Waals surface area contributed by atoms with Crippen LogP contribution in [0, 0.1) is 5.92 Å². The molecule has 0 heterocycles. The Hall–Kier alpha value is -0.790. The molecule has 0 saturated heterocycles. The molecule has 0 radical (unpaired) electrons. The zero-order valence-corrected chi connectivity index (χ0v) is 7.21. The first-order chi connectivity index (χ1) is 5.18. The van der Waals surface area contributed by atoms with E-state index in [2.05, 4.69) is 6.08 Å². The fourth-order valence-corrected chi connectivity index (χ4v) is 0.832. The number of aliphatic carboxylic acids is 1. The summed E-state index contributed by atoms with van der Waals surface area (Å²) in [6, 6.07) is 0. The number of carboxylic acid groups (broad SMARTS) is 1. The molecule has 2 heteroatoms. The van der Waals surface area contributed by atoms with Gasteiger partial charge in [0.2, 0.25) is 0 Å². The molecule has 0 amide bonds. The Kier molecular flexibility index (Phi) is 5.53. The molecular formula is C9H16O2. The number of hydrogen-bond donors (Lipinski definition) is 1. The fraction of sp³-hybridized carbons (Fsp3) is 0.667. The van der Waals surface area contributed by atoms with Crippen LogP contribution >= 0.6 is 0 Å². The molecule has 0 saturated carbocycles. The highest BCUT2D eigenvalue weighted by Gasteiger charge is 2.08. The third kappa shape index (κ3) is 5.64. The molecule has 0 fully saturated rings. The van der Waals surface area contributed by atoms with Crippen LogP contribution in [-0.4, -0.2) is 11.1 Å². The molecule has 2 nitrogen and oxygen atoms in total. The molecule has 11 heavy (non-hydrogen) atoms. The summed E-state index contributed by atoms with van der Waals surface area (Å²) in [5, 5.41) is 8.52. The predicted molar refractivity (Wildman–Crippen MR) is 45.5 cm³/mol. The Morgan fingerprint density at radius 3 is 2.73 bits per heavy atom. The smallest absolute Gasteiger partial charge is 0.306 e. The average molecular weight is 156 g/mol. The highest BCUT2D eigenvalue weighted by molar-refractivity contribution is 5.69. The molecule has 64 valence electrons. The Balaban J connectivity index is 3.31. The van der Waals surface area contributed by atoms with Crippen LogP contribution in [0.25, 0.3) is 0 Å². The van der Waals surface area contributed by atoms with E-state index in [1.165, 1.54) is 0 Å². The summed E-state index contributed by atoms with van der Waals surface area (Å²) in [6.07, 6.45) is 6.80. The van der Waals surface area contributed by atoms with Crippen LogP contribution in [0.4, 0.5) is 0 Å². The van der Waals surface area contributed by atoms with Gasteiger partial charge in [0.15, 0.2) is 0 Å². The predicted octanol–water partition coefficient (Wildman–Crippen LogP) is 2.45. The highest BCUT2D eigenvalue weighted by atomic mass is 16.4. The third-order valence-corrected chi connectivity index (χ3v) is 1.67. The van der Waals surface area contributed by atoms with E-state index < -0.39 is 5.97 Å². The molecule has 0 aliphatic heterocycles. The zero-order valence-electron chi connectivity index (χ0n) is 7.21. The number of carbonyl (C=O) groups is 1. The van der Waals surface area contributed by atoms with Crippen molar-refractivity contribution in [3.63, 3.8) is 0 Å². The molecule has 0 bridgehead atoms. The maximum Gasteiger partial charge on any atom is 0.306 e. The van der Waals surface area contributed by atoms with E-state index in [4.69, 9.17) is 5.11 Å². The molecule has 0 spiro atoms. The van der Waals surface area contributed by atoms with Gasteiger partial charge in [-0.05, 0) is 26.2 Å². The number of carboxylic acids is 1. The lowest BCUT2D eigenvalue weighted by Gasteiger charge is -2.02. The van der Waals surface area contributed by atoms with Crippen LogP contribution in [0.5, 0.6) is 0 Å². The number of rotatable bonds is 5. The van der Waals surface area contributed by atoms with E-state index in [1.54, 1.807) is 6.92 Å². The standard InChI is InChI=1S/C9H16O2/c1-3-4-5-6-7-8(2)9(10)11/h3-4,8H,5-7H2,1-2H3,(H,10,11)/b4-3+/t8-/m1/s1. The van der Waals surface area contributed by atoms with Crippen molar-refractivity contribution in [2.75, 3.05) is 0 Å². The summed E-state index contributed by atoms with van der Waals surface area (Å²) >= 11 is 0. The van der Waals surface area contributed by atoms with Crippen LogP contribution in [0.15, 0.2) is 12.2 Å².